The van der Waals surface area contributed by atoms with Crippen LogP contribution in [0.1, 0.15) is 49.0 Å². The smallest absolute Gasteiger partial charge is 0.374 e. The summed E-state index contributed by atoms with van der Waals surface area (Å²) < 4.78 is 39.7. The van der Waals surface area contributed by atoms with E-state index in [0.29, 0.717) is 54.3 Å². The lowest BCUT2D eigenvalue weighted by molar-refractivity contribution is -0.255. The molecule has 3 fully saturated rings. The zero-order valence-electron chi connectivity index (χ0n) is 19.6. The number of nitrogens with one attached hydrogen (secondary N) is 2. The quantitative estimate of drug-likeness (QED) is 0.525. The number of alkyl halides is 2. The van der Waals surface area contributed by atoms with Crippen molar-refractivity contribution in [2.45, 2.75) is 63.5 Å². The fraction of sp³-hybridized carbons (Fsp3) is 0.480. The van der Waals surface area contributed by atoms with Gasteiger partial charge >= 0.3 is 6.11 Å². The summed E-state index contributed by atoms with van der Waals surface area (Å²) in [5.41, 5.74) is 2.10. The molecule has 4 heterocycles. The number of nitrogens with zero attached hydrogens (tertiary/aromatic N) is 3. The molecule has 2 N–H and O–H groups in total. The Balaban J connectivity index is 1.32. The van der Waals surface area contributed by atoms with Gasteiger partial charge in [0.05, 0.1) is 47.7 Å². The lowest BCUT2D eigenvalue weighted by Crippen LogP contribution is -2.39. The van der Waals surface area contributed by atoms with Gasteiger partial charge < -0.3 is 24.7 Å². The molecule has 0 spiro atoms. The molecule has 184 valence electrons. The van der Waals surface area contributed by atoms with Crippen molar-refractivity contribution in [2.75, 3.05) is 23.4 Å². The van der Waals surface area contributed by atoms with Gasteiger partial charge in [0.1, 0.15) is 5.69 Å². The van der Waals surface area contributed by atoms with Gasteiger partial charge in [0, 0.05) is 11.9 Å². The van der Waals surface area contributed by atoms with E-state index in [4.69, 9.17) is 9.47 Å². The topological polar surface area (TPSA) is 92.4 Å². The predicted octanol–water partition coefficient (Wildman–Crippen LogP) is 4.01. The molecule has 3 aliphatic rings. The van der Waals surface area contributed by atoms with Crippen molar-refractivity contribution in [3.8, 4) is 0 Å². The predicted molar refractivity (Wildman–Crippen MR) is 127 cm³/mol. The van der Waals surface area contributed by atoms with Crippen LogP contribution in [0.5, 0.6) is 0 Å². The Bertz CT molecular complexity index is 1340. The van der Waals surface area contributed by atoms with E-state index in [0.717, 1.165) is 11.8 Å². The summed E-state index contributed by atoms with van der Waals surface area (Å²) in [5, 5.41) is 12.6. The number of benzene rings is 1. The highest BCUT2D eigenvalue weighted by Crippen LogP contribution is 2.38. The van der Waals surface area contributed by atoms with Crippen LogP contribution in [-0.2, 0) is 15.6 Å². The van der Waals surface area contributed by atoms with E-state index in [9.17, 15) is 13.6 Å². The number of pyridine rings is 1. The average molecular weight is 484 g/mol. The van der Waals surface area contributed by atoms with E-state index >= 15 is 0 Å². The Morgan fingerprint density at radius 3 is 2.83 bits per heavy atom. The van der Waals surface area contributed by atoms with E-state index in [-0.39, 0.29) is 35.4 Å². The minimum Gasteiger partial charge on any atom is -0.374 e. The average Bonchev–Trinajstić information content (AvgIpc) is 3.38. The number of morpholine rings is 1. The number of aromatic nitrogens is 3. The van der Waals surface area contributed by atoms with E-state index in [1.807, 2.05) is 13.0 Å². The maximum absolute atomic E-state index is 14.6. The number of rotatable bonds is 7. The number of ether oxygens (including phenoxy) is 2. The van der Waals surface area contributed by atoms with Gasteiger partial charge in [-0.2, -0.15) is 13.9 Å². The maximum Gasteiger partial charge on any atom is 0.383 e. The van der Waals surface area contributed by atoms with Crippen molar-refractivity contribution in [1.82, 2.24) is 15.2 Å². The highest BCUT2D eigenvalue weighted by molar-refractivity contribution is 5.92. The van der Waals surface area contributed by atoms with E-state index in [1.165, 1.54) is 12.1 Å². The number of hydrogen-bond donors (Lipinski definition) is 2. The third-order valence-electron chi connectivity index (χ3n) is 7.06. The lowest BCUT2D eigenvalue weighted by Gasteiger charge is -2.28. The molecule has 10 heteroatoms. The fourth-order valence-electron chi connectivity index (χ4n) is 4.98. The molecule has 0 amide bonds. The minimum atomic E-state index is -3.33. The summed E-state index contributed by atoms with van der Waals surface area (Å²) in [5.74, 6) is 0.475. The molecule has 1 saturated carbocycles. The van der Waals surface area contributed by atoms with Gasteiger partial charge in [0.2, 0.25) is 0 Å². The van der Waals surface area contributed by atoms with Crippen LogP contribution < -0.4 is 15.8 Å². The third kappa shape index (κ3) is 4.14. The molecule has 6 rings (SSSR count). The van der Waals surface area contributed by atoms with Gasteiger partial charge in [0.25, 0.3) is 5.56 Å². The molecule has 1 aliphatic carbocycles. The fourth-order valence-corrected chi connectivity index (χ4v) is 4.98. The number of hydrogen-bond acceptors (Lipinski definition) is 7. The number of anilines is 2. The standard InChI is InChI=1S/C25H27F2N5O3/c1-13(15-4-3-5-16(8-15)25(26,27)35-18-6-7-18)28-23-20-10-21(32-11-19-9-17(32)12-34-19)24(33)29-22(20)14(2)30-31-23/h3-5,8,10,13,17-19H,6-7,9,11-12H2,1-2H3,(H,28,31)(H,29,33)/t13-,17?,19?/m1/s1. The van der Waals surface area contributed by atoms with Crippen molar-refractivity contribution in [1.29, 1.82) is 0 Å². The number of fused-ring (bicyclic) bond motifs is 3. The Labute approximate surface area is 200 Å². The first-order chi connectivity index (χ1) is 16.8. The van der Waals surface area contributed by atoms with E-state index in [1.54, 1.807) is 19.1 Å². The van der Waals surface area contributed by atoms with Gasteiger partial charge in [0.15, 0.2) is 5.82 Å². The molecule has 8 nitrogen and oxygen atoms in total. The molecule has 3 atom stereocenters. The Morgan fingerprint density at radius 2 is 2.11 bits per heavy atom. The Hall–Kier alpha value is -3.11. The van der Waals surface area contributed by atoms with Crippen molar-refractivity contribution < 1.29 is 18.3 Å². The van der Waals surface area contributed by atoms with Gasteiger partial charge in [-0.3, -0.25) is 4.79 Å². The molecular formula is C25H27F2N5O3. The normalized spacial score (nSPS) is 22.7. The molecular weight excluding hydrogens is 456 g/mol. The van der Waals surface area contributed by atoms with Crippen LogP contribution in [0.2, 0.25) is 0 Å². The second-order valence-electron chi connectivity index (χ2n) is 9.73. The molecule has 2 aromatic heterocycles. The van der Waals surface area contributed by atoms with Gasteiger partial charge in [-0.15, -0.1) is 5.10 Å². The molecule has 3 aromatic rings. The first-order valence-corrected chi connectivity index (χ1v) is 12.0. The van der Waals surface area contributed by atoms with Crippen LogP contribution >= 0.6 is 0 Å². The van der Waals surface area contributed by atoms with Crippen LogP contribution in [0.4, 0.5) is 20.3 Å². The van der Waals surface area contributed by atoms with Crippen molar-refractivity contribution in [2.24, 2.45) is 0 Å². The third-order valence-corrected chi connectivity index (χ3v) is 7.06. The first kappa shape index (κ1) is 22.4. The lowest BCUT2D eigenvalue weighted by atomic mass is 10.0. The zero-order chi connectivity index (χ0) is 24.3. The second-order valence-corrected chi connectivity index (χ2v) is 9.73. The molecule has 2 bridgehead atoms. The minimum absolute atomic E-state index is 0.152. The molecule has 35 heavy (non-hydrogen) atoms. The maximum atomic E-state index is 14.6. The highest BCUT2D eigenvalue weighted by Gasteiger charge is 2.41. The molecule has 2 unspecified atom stereocenters. The summed E-state index contributed by atoms with van der Waals surface area (Å²) in [6.07, 6.45) is -1.30. The molecule has 0 radical (unpaired) electrons. The summed E-state index contributed by atoms with van der Waals surface area (Å²) in [6.45, 7) is 4.95. The second kappa shape index (κ2) is 8.23. The molecule has 2 saturated heterocycles. The highest BCUT2D eigenvalue weighted by atomic mass is 19.3. The van der Waals surface area contributed by atoms with Crippen LogP contribution in [0.3, 0.4) is 0 Å². The number of aromatic amines is 1. The van der Waals surface area contributed by atoms with Crippen molar-refractivity contribution in [3.63, 3.8) is 0 Å². The summed E-state index contributed by atoms with van der Waals surface area (Å²) >= 11 is 0. The number of H-pyrrole nitrogens is 1. The largest absolute Gasteiger partial charge is 0.383 e. The van der Waals surface area contributed by atoms with Crippen molar-refractivity contribution in [3.05, 3.63) is 57.5 Å². The van der Waals surface area contributed by atoms with Crippen LogP contribution in [0.25, 0.3) is 10.9 Å². The van der Waals surface area contributed by atoms with Gasteiger partial charge in [-0.1, -0.05) is 18.2 Å². The molecule has 1 aromatic carbocycles. The Kier molecular flexibility index (Phi) is 5.26. The SMILES string of the molecule is Cc1nnc(N[C@H](C)c2cccc(C(F)(F)OC3CC3)c2)c2cc(N3CC4CC3CO4)c(=O)[nH]c12. The zero-order valence-corrected chi connectivity index (χ0v) is 19.6. The van der Waals surface area contributed by atoms with E-state index in [2.05, 4.69) is 25.4 Å². The summed E-state index contributed by atoms with van der Waals surface area (Å²) in [6, 6.07) is 7.91. The van der Waals surface area contributed by atoms with Gasteiger partial charge in [-0.05, 0) is 50.8 Å². The molecule has 2 aliphatic heterocycles. The first-order valence-electron chi connectivity index (χ1n) is 12.0. The van der Waals surface area contributed by atoms with Crippen molar-refractivity contribution >= 4 is 22.4 Å². The monoisotopic (exact) mass is 483 g/mol. The number of halogens is 2. The van der Waals surface area contributed by atoms with Gasteiger partial charge in [-0.25, -0.2) is 0 Å². The summed E-state index contributed by atoms with van der Waals surface area (Å²) in [4.78, 5) is 18.0. The summed E-state index contributed by atoms with van der Waals surface area (Å²) in [7, 11) is 0. The van der Waals surface area contributed by atoms with Crippen LogP contribution in [0, 0.1) is 6.92 Å². The number of aryl methyl sites for hydroxylation is 1. The van der Waals surface area contributed by atoms with Crippen LogP contribution in [-0.4, -0.2) is 46.6 Å². The Morgan fingerprint density at radius 1 is 1.29 bits per heavy atom. The van der Waals surface area contributed by atoms with Crippen LogP contribution in [0.15, 0.2) is 35.1 Å². The van der Waals surface area contributed by atoms with E-state index < -0.39 is 6.11 Å².